The molecule has 1 atom stereocenters. The van der Waals surface area contributed by atoms with Crippen LogP contribution in [-0.4, -0.2) is 25.0 Å². The van der Waals surface area contributed by atoms with Crippen LogP contribution in [-0.2, 0) is 13.5 Å². The molecule has 2 heterocycles. The zero-order valence-electron chi connectivity index (χ0n) is 12.5. The fraction of sp³-hybridized carbons (Fsp3) is 0.312. The van der Waals surface area contributed by atoms with Gasteiger partial charge in [-0.3, -0.25) is 4.68 Å². The number of nitrogens with zero attached hydrogens (tertiary/aromatic N) is 4. The standard InChI is InChI=1S/C16H19N5/c1-11-5-4-6-14(12(11)2)15(16-8-17-10-18-16)7-13-9-21(3)20-19-13/h4-6,8-10,15H,7H2,1-3H3,(H,17,18)/t15-/m1/s1. The van der Waals surface area contributed by atoms with Crippen molar-refractivity contribution in [2.75, 3.05) is 0 Å². The van der Waals surface area contributed by atoms with Crippen molar-refractivity contribution in [1.29, 1.82) is 0 Å². The van der Waals surface area contributed by atoms with E-state index in [1.807, 2.05) is 19.4 Å². The van der Waals surface area contributed by atoms with Crippen LogP contribution in [0.1, 0.15) is 34.0 Å². The Morgan fingerprint density at radius 3 is 2.81 bits per heavy atom. The number of aromatic amines is 1. The van der Waals surface area contributed by atoms with Crippen molar-refractivity contribution in [3.05, 3.63) is 65.0 Å². The molecule has 0 bridgehead atoms. The summed E-state index contributed by atoms with van der Waals surface area (Å²) in [6, 6.07) is 6.44. The topological polar surface area (TPSA) is 59.4 Å². The molecule has 1 N–H and O–H groups in total. The summed E-state index contributed by atoms with van der Waals surface area (Å²) in [7, 11) is 1.89. The molecule has 2 aromatic heterocycles. The van der Waals surface area contributed by atoms with E-state index in [2.05, 4.69) is 52.3 Å². The first-order chi connectivity index (χ1) is 10.1. The normalized spacial score (nSPS) is 12.5. The Hall–Kier alpha value is -2.43. The van der Waals surface area contributed by atoms with Crippen LogP contribution < -0.4 is 0 Å². The summed E-state index contributed by atoms with van der Waals surface area (Å²) in [5, 5.41) is 8.25. The molecule has 0 radical (unpaired) electrons. The van der Waals surface area contributed by atoms with E-state index in [0.717, 1.165) is 17.8 Å². The lowest BCUT2D eigenvalue weighted by Crippen LogP contribution is -2.08. The second kappa shape index (κ2) is 5.52. The highest BCUT2D eigenvalue weighted by molar-refractivity contribution is 5.39. The quantitative estimate of drug-likeness (QED) is 0.799. The van der Waals surface area contributed by atoms with Gasteiger partial charge in [0.25, 0.3) is 0 Å². The molecule has 5 heteroatoms. The van der Waals surface area contributed by atoms with Gasteiger partial charge in [0, 0.05) is 37.5 Å². The van der Waals surface area contributed by atoms with Crippen molar-refractivity contribution in [1.82, 2.24) is 25.0 Å². The van der Waals surface area contributed by atoms with Gasteiger partial charge in [-0.1, -0.05) is 23.4 Å². The number of hydrogen-bond donors (Lipinski definition) is 1. The van der Waals surface area contributed by atoms with Gasteiger partial charge in [-0.05, 0) is 30.5 Å². The van der Waals surface area contributed by atoms with E-state index in [-0.39, 0.29) is 5.92 Å². The summed E-state index contributed by atoms with van der Waals surface area (Å²) in [4.78, 5) is 7.41. The molecule has 0 amide bonds. The molecule has 1 aromatic carbocycles. The highest BCUT2D eigenvalue weighted by Gasteiger charge is 2.20. The monoisotopic (exact) mass is 281 g/mol. The van der Waals surface area contributed by atoms with E-state index in [1.165, 1.54) is 16.7 Å². The molecular weight excluding hydrogens is 262 g/mol. The minimum atomic E-state index is 0.212. The smallest absolute Gasteiger partial charge is 0.0921 e. The largest absolute Gasteiger partial charge is 0.348 e. The van der Waals surface area contributed by atoms with E-state index in [1.54, 1.807) is 11.0 Å². The first-order valence-corrected chi connectivity index (χ1v) is 7.04. The van der Waals surface area contributed by atoms with Crippen LogP contribution in [0.15, 0.2) is 36.9 Å². The van der Waals surface area contributed by atoms with Crippen LogP contribution in [0.25, 0.3) is 0 Å². The van der Waals surface area contributed by atoms with E-state index in [4.69, 9.17) is 0 Å². The van der Waals surface area contributed by atoms with Crippen molar-refractivity contribution in [2.45, 2.75) is 26.2 Å². The van der Waals surface area contributed by atoms with E-state index in [0.29, 0.717) is 0 Å². The predicted octanol–water partition coefficient (Wildman–Crippen LogP) is 2.53. The Morgan fingerprint density at radius 1 is 1.29 bits per heavy atom. The number of hydrogen-bond acceptors (Lipinski definition) is 3. The number of imidazole rings is 1. The summed E-state index contributed by atoms with van der Waals surface area (Å²) in [6.45, 7) is 4.32. The maximum absolute atomic E-state index is 4.22. The molecule has 21 heavy (non-hydrogen) atoms. The number of benzene rings is 1. The van der Waals surface area contributed by atoms with Gasteiger partial charge in [-0.15, -0.1) is 5.10 Å². The lowest BCUT2D eigenvalue weighted by molar-refractivity contribution is 0.708. The van der Waals surface area contributed by atoms with Gasteiger partial charge in [-0.2, -0.15) is 0 Å². The van der Waals surface area contributed by atoms with Crippen LogP contribution in [0.3, 0.4) is 0 Å². The predicted molar refractivity (Wildman–Crippen MR) is 81.1 cm³/mol. The summed E-state index contributed by atoms with van der Waals surface area (Å²) < 4.78 is 1.74. The Morgan fingerprint density at radius 2 is 2.14 bits per heavy atom. The van der Waals surface area contributed by atoms with Gasteiger partial charge in [0.15, 0.2) is 0 Å². The fourth-order valence-corrected chi connectivity index (χ4v) is 2.69. The number of H-pyrrole nitrogens is 1. The van der Waals surface area contributed by atoms with Crippen molar-refractivity contribution in [3.8, 4) is 0 Å². The molecule has 5 nitrogen and oxygen atoms in total. The minimum Gasteiger partial charge on any atom is -0.348 e. The Bertz CT molecular complexity index is 727. The van der Waals surface area contributed by atoms with Crippen molar-refractivity contribution in [3.63, 3.8) is 0 Å². The average Bonchev–Trinajstić information content (AvgIpc) is 3.11. The molecule has 0 aliphatic heterocycles. The van der Waals surface area contributed by atoms with Gasteiger partial charge >= 0.3 is 0 Å². The van der Waals surface area contributed by atoms with Gasteiger partial charge in [0.1, 0.15) is 0 Å². The second-order valence-electron chi connectivity index (χ2n) is 5.44. The Kier molecular flexibility index (Phi) is 3.56. The molecule has 0 fully saturated rings. The molecule has 0 aliphatic carbocycles. The second-order valence-corrected chi connectivity index (χ2v) is 5.44. The van der Waals surface area contributed by atoms with Gasteiger partial charge in [0.2, 0.25) is 0 Å². The number of nitrogens with one attached hydrogen (secondary N) is 1. The molecule has 0 aliphatic rings. The third-order valence-corrected chi connectivity index (χ3v) is 3.98. The van der Waals surface area contributed by atoms with Gasteiger partial charge in [0.05, 0.1) is 12.0 Å². The van der Waals surface area contributed by atoms with Crippen molar-refractivity contribution in [2.24, 2.45) is 7.05 Å². The molecule has 0 spiro atoms. The van der Waals surface area contributed by atoms with E-state index < -0.39 is 0 Å². The summed E-state index contributed by atoms with van der Waals surface area (Å²) >= 11 is 0. The first kappa shape index (κ1) is 13.5. The zero-order valence-corrected chi connectivity index (χ0v) is 12.5. The lowest BCUT2D eigenvalue weighted by Gasteiger charge is -2.18. The third-order valence-electron chi connectivity index (χ3n) is 3.98. The van der Waals surface area contributed by atoms with Crippen LogP contribution in [0.5, 0.6) is 0 Å². The molecular formula is C16H19N5. The van der Waals surface area contributed by atoms with E-state index >= 15 is 0 Å². The van der Waals surface area contributed by atoms with Crippen LogP contribution in [0.2, 0.25) is 0 Å². The maximum atomic E-state index is 4.22. The summed E-state index contributed by atoms with van der Waals surface area (Å²) in [5.41, 5.74) is 6.02. The molecule has 0 saturated carbocycles. The Balaban J connectivity index is 2.02. The van der Waals surface area contributed by atoms with Crippen LogP contribution in [0.4, 0.5) is 0 Å². The highest BCUT2D eigenvalue weighted by atomic mass is 15.4. The van der Waals surface area contributed by atoms with Gasteiger partial charge < -0.3 is 4.98 Å². The van der Waals surface area contributed by atoms with Gasteiger partial charge in [-0.25, -0.2) is 4.98 Å². The third kappa shape index (κ3) is 2.72. The highest BCUT2D eigenvalue weighted by Crippen LogP contribution is 2.30. The van der Waals surface area contributed by atoms with Crippen molar-refractivity contribution >= 4 is 0 Å². The molecule has 0 saturated heterocycles. The number of rotatable bonds is 4. The number of aryl methyl sites for hydroxylation is 2. The fourth-order valence-electron chi connectivity index (χ4n) is 2.69. The molecule has 3 rings (SSSR count). The maximum Gasteiger partial charge on any atom is 0.0921 e. The average molecular weight is 281 g/mol. The Labute approximate surface area is 124 Å². The van der Waals surface area contributed by atoms with Crippen LogP contribution >= 0.6 is 0 Å². The lowest BCUT2D eigenvalue weighted by atomic mass is 9.87. The van der Waals surface area contributed by atoms with Crippen LogP contribution in [0, 0.1) is 13.8 Å². The molecule has 108 valence electrons. The van der Waals surface area contributed by atoms with Crippen molar-refractivity contribution < 1.29 is 0 Å². The minimum absolute atomic E-state index is 0.212. The molecule has 0 unspecified atom stereocenters. The first-order valence-electron chi connectivity index (χ1n) is 7.04. The summed E-state index contributed by atoms with van der Waals surface area (Å²) in [6.07, 6.45) is 6.39. The SMILES string of the molecule is Cc1cccc([C@@H](Cc2cn(C)nn2)c2cnc[nH]2)c1C. The zero-order chi connectivity index (χ0) is 14.8. The molecule has 3 aromatic rings. The number of aromatic nitrogens is 5. The summed E-state index contributed by atoms with van der Waals surface area (Å²) in [5.74, 6) is 0.212. The van der Waals surface area contributed by atoms with E-state index in [9.17, 15) is 0 Å².